The van der Waals surface area contributed by atoms with E-state index in [-0.39, 0.29) is 11.8 Å². The molecule has 2 rings (SSSR count). The normalized spacial score (nSPS) is 25.3. The molecule has 0 unspecified atom stereocenters. The monoisotopic (exact) mass is 206 g/mol. The molecule has 4 heteroatoms. The van der Waals surface area contributed by atoms with Crippen LogP contribution in [0.4, 0.5) is 5.69 Å². The zero-order valence-electron chi connectivity index (χ0n) is 8.31. The summed E-state index contributed by atoms with van der Waals surface area (Å²) in [5.74, 6) is -1.05. The lowest BCUT2D eigenvalue weighted by Crippen LogP contribution is -2.21. The number of hydrogen-bond acceptors (Lipinski definition) is 3. The lowest BCUT2D eigenvalue weighted by molar-refractivity contribution is -0.141. The molecule has 1 aromatic rings. The van der Waals surface area contributed by atoms with E-state index in [0.29, 0.717) is 18.8 Å². The van der Waals surface area contributed by atoms with E-state index in [4.69, 9.17) is 10.8 Å². The largest absolute Gasteiger partial charge is 0.481 e. The number of rotatable bonds is 2. The molecule has 0 aliphatic carbocycles. The number of benzene rings is 1. The number of carboxylic acid groups (broad SMARTS) is 1. The Hall–Kier alpha value is -1.55. The predicted molar refractivity (Wildman–Crippen MR) is 57.6 cm³/mol. The SMILES string of the molecule is Nc1cccc([C@@H]2CNC[C@H]2C(=O)O)c1. The van der Waals surface area contributed by atoms with Crippen LogP contribution in [0.3, 0.4) is 0 Å². The molecule has 1 aliphatic rings. The molecule has 0 aromatic heterocycles. The van der Waals surface area contributed by atoms with Gasteiger partial charge < -0.3 is 16.2 Å². The summed E-state index contributed by atoms with van der Waals surface area (Å²) >= 11 is 0. The zero-order valence-corrected chi connectivity index (χ0v) is 8.31. The Morgan fingerprint density at radius 1 is 1.47 bits per heavy atom. The molecule has 1 aliphatic heterocycles. The zero-order chi connectivity index (χ0) is 10.8. The van der Waals surface area contributed by atoms with Crippen LogP contribution in [0, 0.1) is 5.92 Å². The van der Waals surface area contributed by atoms with Crippen molar-refractivity contribution in [3.63, 3.8) is 0 Å². The van der Waals surface area contributed by atoms with Gasteiger partial charge in [-0.15, -0.1) is 0 Å². The Morgan fingerprint density at radius 2 is 2.27 bits per heavy atom. The van der Waals surface area contributed by atoms with E-state index < -0.39 is 5.97 Å². The van der Waals surface area contributed by atoms with Crippen molar-refractivity contribution in [1.29, 1.82) is 0 Å². The van der Waals surface area contributed by atoms with Gasteiger partial charge in [0.1, 0.15) is 0 Å². The number of carbonyl (C=O) groups is 1. The fourth-order valence-corrected chi connectivity index (χ4v) is 2.08. The third kappa shape index (κ3) is 1.94. The summed E-state index contributed by atoms with van der Waals surface area (Å²) in [4.78, 5) is 11.0. The van der Waals surface area contributed by atoms with E-state index in [1.54, 1.807) is 0 Å². The van der Waals surface area contributed by atoms with Crippen LogP contribution in [0.25, 0.3) is 0 Å². The molecule has 0 amide bonds. The minimum atomic E-state index is -0.743. The Labute approximate surface area is 88.1 Å². The number of nitrogens with one attached hydrogen (secondary N) is 1. The predicted octanol–water partition coefficient (Wildman–Crippen LogP) is 0.656. The summed E-state index contributed by atoms with van der Waals surface area (Å²) in [7, 11) is 0. The van der Waals surface area contributed by atoms with Crippen molar-refractivity contribution in [3.8, 4) is 0 Å². The summed E-state index contributed by atoms with van der Waals surface area (Å²) in [5, 5.41) is 12.1. The van der Waals surface area contributed by atoms with E-state index in [1.807, 2.05) is 24.3 Å². The Morgan fingerprint density at radius 3 is 2.93 bits per heavy atom. The van der Waals surface area contributed by atoms with Crippen molar-refractivity contribution >= 4 is 11.7 Å². The second-order valence-corrected chi connectivity index (χ2v) is 3.88. The smallest absolute Gasteiger partial charge is 0.308 e. The van der Waals surface area contributed by atoms with Gasteiger partial charge in [0.05, 0.1) is 5.92 Å². The maximum Gasteiger partial charge on any atom is 0.308 e. The average molecular weight is 206 g/mol. The van der Waals surface area contributed by atoms with Gasteiger partial charge in [-0.2, -0.15) is 0 Å². The highest BCUT2D eigenvalue weighted by Crippen LogP contribution is 2.29. The van der Waals surface area contributed by atoms with Crippen LogP contribution in [0.5, 0.6) is 0 Å². The first-order valence-corrected chi connectivity index (χ1v) is 4.97. The molecule has 4 nitrogen and oxygen atoms in total. The number of carboxylic acids is 1. The highest BCUT2D eigenvalue weighted by molar-refractivity contribution is 5.72. The second-order valence-electron chi connectivity index (χ2n) is 3.88. The molecular formula is C11H14N2O2. The molecule has 1 saturated heterocycles. The molecule has 2 atom stereocenters. The van der Waals surface area contributed by atoms with Crippen molar-refractivity contribution < 1.29 is 9.90 Å². The van der Waals surface area contributed by atoms with Gasteiger partial charge in [0.15, 0.2) is 0 Å². The summed E-state index contributed by atoms with van der Waals surface area (Å²) in [6.45, 7) is 1.25. The maximum atomic E-state index is 11.0. The van der Waals surface area contributed by atoms with Crippen molar-refractivity contribution in [3.05, 3.63) is 29.8 Å². The van der Waals surface area contributed by atoms with E-state index in [2.05, 4.69) is 5.32 Å². The minimum absolute atomic E-state index is 0.0333. The van der Waals surface area contributed by atoms with Gasteiger partial charge in [0, 0.05) is 24.7 Å². The number of anilines is 1. The summed E-state index contributed by atoms with van der Waals surface area (Å²) in [5.41, 5.74) is 7.37. The second kappa shape index (κ2) is 3.90. The average Bonchev–Trinajstić information content (AvgIpc) is 2.65. The molecule has 0 radical (unpaired) electrons. The van der Waals surface area contributed by atoms with Crippen LogP contribution in [0.15, 0.2) is 24.3 Å². The molecule has 15 heavy (non-hydrogen) atoms. The Kier molecular flexibility index (Phi) is 2.60. The van der Waals surface area contributed by atoms with E-state index in [0.717, 1.165) is 5.56 Å². The van der Waals surface area contributed by atoms with Crippen LogP contribution >= 0.6 is 0 Å². The van der Waals surface area contributed by atoms with E-state index >= 15 is 0 Å². The van der Waals surface area contributed by atoms with Gasteiger partial charge in [-0.25, -0.2) is 0 Å². The molecular weight excluding hydrogens is 192 g/mol. The van der Waals surface area contributed by atoms with Gasteiger partial charge in [-0.3, -0.25) is 4.79 Å². The first-order valence-electron chi connectivity index (χ1n) is 4.97. The first-order chi connectivity index (χ1) is 7.18. The van der Waals surface area contributed by atoms with Crippen LogP contribution in [-0.2, 0) is 4.79 Å². The minimum Gasteiger partial charge on any atom is -0.481 e. The van der Waals surface area contributed by atoms with Crippen molar-refractivity contribution in [1.82, 2.24) is 5.32 Å². The van der Waals surface area contributed by atoms with Gasteiger partial charge in [0.2, 0.25) is 0 Å². The van der Waals surface area contributed by atoms with E-state index in [1.165, 1.54) is 0 Å². The summed E-state index contributed by atoms with van der Waals surface area (Å²) in [6.07, 6.45) is 0. The van der Waals surface area contributed by atoms with Gasteiger partial charge >= 0.3 is 5.97 Å². The number of hydrogen-bond donors (Lipinski definition) is 3. The summed E-state index contributed by atoms with van der Waals surface area (Å²) in [6, 6.07) is 7.46. The molecule has 0 bridgehead atoms. The third-order valence-corrected chi connectivity index (χ3v) is 2.87. The van der Waals surface area contributed by atoms with Crippen LogP contribution in [0.2, 0.25) is 0 Å². The standard InChI is InChI=1S/C11H14N2O2/c12-8-3-1-2-7(4-8)9-5-13-6-10(9)11(14)15/h1-4,9-10,13H,5-6,12H2,(H,14,15)/t9-,10+/m0/s1. The molecule has 80 valence electrons. The fraction of sp³-hybridized carbons (Fsp3) is 0.364. The van der Waals surface area contributed by atoms with Crippen molar-refractivity contribution in [2.24, 2.45) is 5.92 Å². The Bertz CT molecular complexity index is 379. The third-order valence-electron chi connectivity index (χ3n) is 2.87. The highest BCUT2D eigenvalue weighted by Gasteiger charge is 2.33. The van der Waals surface area contributed by atoms with Crippen LogP contribution < -0.4 is 11.1 Å². The molecule has 1 heterocycles. The van der Waals surface area contributed by atoms with Gasteiger partial charge in [-0.1, -0.05) is 12.1 Å². The van der Waals surface area contributed by atoms with Crippen LogP contribution in [-0.4, -0.2) is 24.2 Å². The first kappa shape index (κ1) is 9.98. The van der Waals surface area contributed by atoms with Gasteiger partial charge in [0.25, 0.3) is 0 Å². The molecule has 0 saturated carbocycles. The van der Waals surface area contributed by atoms with Crippen molar-refractivity contribution in [2.45, 2.75) is 5.92 Å². The van der Waals surface area contributed by atoms with Gasteiger partial charge in [-0.05, 0) is 17.7 Å². The lowest BCUT2D eigenvalue weighted by Gasteiger charge is -2.15. The summed E-state index contributed by atoms with van der Waals surface area (Å²) < 4.78 is 0. The highest BCUT2D eigenvalue weighted by atomic mass is 16.4. The van der Waals surface area contributed by atoms with Crippen molar-refractivity contribution in [2.75, 3.05) is 18.8 Å². The van der Waals surface area contributed by atoms with E-state index in [9.17, 15) is 4.79 Å². The maximum absolute atomic E-state index is 11.0. The fourth-order valence-electron chi connectivity index (χ4n) is 2.08. The molecule has 0 spiro atoms. The quantitative estimate of drug-likeness (QED) is 0.621. The number of aliphatic carboxylic acids is 1. The Balaban J connectivity index is 2.26. The lowest BCUT2D eigenvalue weighted by atomic mass is 9.89. The number of nitrogen functional groups attached to an aromatic ring is 1. The number of nitrogens with two attached hydrogens (primary N) is 1. The molecule has 1 aromatic carbocycles. The molecule has 1 fully saturated rings. The van der Waals surface area contributed by atoms with Crippen LogP contribution in [0.1, 0.15) is 11.5 Å². The molecule has 4 N–H and O–H groups in total. The topological polar surface area (TPSA) is 75.3 Å².